The third-order valence-electron chi connectivity index (χ3n) is 4.97. The molecule has 0 amide bonds. The van der Waals surface area contributed by atoms with Gasteiger partial charge in [-0.2, -0.15) is 0 Å². The summed E-state index contributed by atoms with van der Waals surface area (Å²) >= 11 is 0. The Bertz CT molecular complexity index is 303. The Labute approximate surface area is 196 Å². The van der Waals surface area contributed by atoms with Crippen LogP contribution in [0.5, 0.6) is 0 Å². The van der Waals surface area contributed by atoms with Gasteiger partial charge in [-0.3, -0.25) is 0 Å². The van der Waals surface area contributed by atoms with Crippen molar-refractivity contribution in [3.8, 4) is 0 Å². The van der Waals surface area contributed by atoms with Crippen molar-refractivity contribution in [3.05, 3.63) is 0 Å². The average molecular weight is 423 g/mol. The van der Waals surface area contributed by atoms with E-state index >= 15 is 0 Å². The largest absolute Gasteiger partial charge is 2.00 e. The zero-order valence-corrected chi connectivity index (χ0v) is 20.9. The first-order chi connectivity index (χ1) is 13.5. The first kappa shape index (κ1) is 33.3. The summed E-state index contributed by atoms with van der Waals surface area (Å²) in [6.07, 6.45) is 22.3. The first-order valence-electron chi connectivity index (χ1n) is 11.9. The molecule has 0 aromatic rings. The quantitative estimate of drug-likeness (QED) is 0.206. The molecule has 0 rings (SSSR count). The summed E-state index contributed by atoms with van der Waals surface area (Å²) in [5, 5.41) is 20.2. The molecule has 0 spiro atoms. The number of hydrogen-bond acceptors (Lipinski definition) is 4. The average Bonchev–Trinajstić information content (AvgIpc) is 2.65. The van der Waals surface area contributed by atoms with Crippen molar-refractivity contribution < 1.29 is 19.8 Å². The van der Waals surface area contributed by atoms with Gasteiger partial charge in [-0.15, -0.1) is 0 Å². The van der Waals surface area contributed by atoms with Gasteiger partial charge in [-0.05, 0) is 25.7 Å². The van der Waals surface area contributed by atoms with Crippen LogP contribution in [-0.2, 0) is 9.59 Å². The van der Waals surface area contributed by atoms with Gasteiger partial charge in [0, 0.05) is 11.9 Å². The van der Waals surface area contributed by atoms with Gasteiger partial charge in [0.1, 0.15) is 0 Å². The van der Waals surface area contributed by atoms with Crippen molar-refractivity contribution in [2.75, 3.05) is 0 Å². The Balaban J connectivity index is -0.000000451. The monoisotopic (exact) mass is 422 g/mol. The SMILES string of the molecule is CCCCCCCCCCCC(=O)[O-].CCCCCCCCCCCC(=O)[O-].[Mg+2]. The normalized spacial score (nSPS) is 10.0. The zero-order valence-electron chi connectivity index (χ0n) is 19.5. The minimum atomic E-state index is -0.909. The predicted molar refractivity (Wildman–Crippen MR) is 119 cm³/mol. The Morgan fingerprint density at radius 1 is 0.448 bits per heavy atom. The number of rotatable bonds is 20. The second kappa shape index (κ2) is 29.9. The summed E-state index contributed by atoms with van der Waals surface area (Å²) in [5.74, 6) is -1.82. The summed E-state index contributed by atoms with van der Waals surface area (Å²) < 4.78 is 0. The van der Waals surface area contributed by atoms with Gasteiger partial charge in [0.15, 0.2) is 0 Å². The van der Waals surface area contributed by atoms with E-state index in [1.165, 1.54) is 89.9 Å². The Hall–Kier alpha value is -0.294. The number of carboxylic acids is 2. The topological polar surface area (TPSA) is 80.3 Å². The molecule has 0 atom stereocenters. The smallest absolute Gasteiger partial charge is 0.550 e. The van der Waals surface area contributed by atoms with Gasteiger partial charge in [-0.1, -0.05) is 117 Å². The van der Waals surface area contributed by atoms with Crippen molar-refractivity contribution in [1.82, 2.24) is 0 Å². The van der Waals surface area contributed by atoms with E-state index in [0.717, 1.165) is 25.7 Å². The van der Waals surface area contributed by atoms with E-state index in [4.69, 9.17) is 0 Å². The summed E-state index contributed by atoms with van der Waals surface area (Å²) in [6.45, 7) is 4.44. The molecule has 0 heterocycles. The molecule has 0 aliphatic carbocycles. The molecule has 0 N–H and O–H groups in total. The van der Waals surface area contributed by atoms with Gasteiger partial charge < -0.3 is 19.8 Å². The van der Waals surface area contributed by atoms with Crippen LogP contribution in [0.1, 0.15) is 142 Å². The Morgan fingerprint density at radius 2 is 0.655 bits per heavy atom. The minimum absolute atomic E-state index is 0. The third-order valence-corrected chi connectivity index (χ3v) is 4.97. The van der Waals surface area contributed by atoms with Crippen LogP contribution in [0.3, 0.4) is 0 Å². The Morgan fingerprint density at radius 3 is 0.862 bits per heavy atom. The second-order valence-electron chi connectivity index (χ2n) is 7.90. The number of carboxylic acid groups (broad SMARTS) is 2. The molecular formula is C24H46MgO4. The first-order valence-corrected chi connectivity index (χ1v) is 11.9. The van der Waals surface area contributed by atoms with E-state index in [-0.39, 0.29) is 35.9 Å². The maximum atomic E-state index is 10.1. The fourth-order valence-corrected chi connectivity index (χ4v) is 3.16. The number of carbonyl (C=O) groups is 2. The number of carbonyl (C=O) groups excluding carboxylic acids is 2. The summed E-state index contributed by atoms with van der Waals surface area (Å²) in [7, 11) is 0. The molecule has 168 valence electrons. The molecule has 5 heteroatoms. The van der Waals surface area contributed by atoms with E-state index in [9.17, 15) is 19.8 Å². The number of unbranched alkanes of at least 4 members (excludes halogenated alkanes) is 16. The number of hydrogen-bond donors (Lipinski definition) is 0. The summed E-state index contributed by atoms with van der Waals surface area (Å²) in [4.78, 5) is 20.2. The molecule has 0 saturated heterocycles. The fourth-order valence-electron chi connectivity index (χ4n) is 3.16. The maximum Gasteiger partial charge on any atom is 2.00 e. The minimum Gasteiger partial charge on any atom is -0.550 e. The number of aliphatic carboxylic acids is 2. The third kappa shape index (κ3) is 38.9. The predicted octanol–water partition coefficient (Wildman–Crippen LogP) is 4.93. The molecule has 0 fully saturated rings. The van der Waals surface area contributed by atoms with Crippen molar-refractivity contribution in [2.45, 2.75) is 142 Å². The van der Waals surface area contributed by atoms with Crippen molar-refractivity contribution >= 4 is 35.0 Å². The Kier molecular flexibility index (Phi) is 34.4. The summed E-state index contributed by atoms with van der Waals surface area (Å²) in [5.41, 5.74) is 0. The molecule has 0 aliphatic heterocycles. The van der Waals surface area contributed by atoms with E-state index in [0.29, 0.717) is 0 Å². The molecule has 4 nitrogen and oxygen atoms in total. The van der Waals surface area contributed by atoms with Crippen molar-refractivity contribution in [3.63, 3.8) is 0 Å². The van der Waals surface area contributed by atoms with E-state index in [2.05, 4.69) is 13.8 Å². The van der Waals surface area contributed by atoms with Gasteiger partial charge in [0.2, 0.25) is 0 Å². The molecule has 0 unspecified atom stereocenters. The van der Waals surface area contributed by atoms with E-state index in [1.54, 1.807) is 0 Å². The van der Waals surface area contributed by atoms with Crippen LogP contribution in [-0.4, -0.2) is 35.0 Å². The molecule has 0 saturated carbocycles. The standard InChI is InChI=1S/2C12H24O2.Mg/c2*1-2-3-4-5-6-7-8-9-10-11-12(13)14;/h2*2-11H2,1H3,(H,13,14);/q;;+2/p-2. The van der Waals surface area contributed by atoms with Crippen LogP contribution >= 0.6 is 0 Å². The van der Waals surface area contributed by atoms with Crippen LogP contribution in [0, 0.1) is 0 Å². The zero-order chi connectivity index (χ0) is 21.3. The van der Waals surface area contributed by atoms with Crippen LogP contribution in [0.15, 0.2) is 0 Å². The molecule has 0 aromatic heterocycles. The maximum absolute atomic E-state index is 10.1. The van der Waals surface area contributed by atoms with Crippen LogP contribution in [0.25, 0.3) is 0 Å². The van der Waals surface area contributed by atoms with Gasteiger partial charge in [0.25, 0.3) is 0 Å². The van der Waals surface area contributed by atoms with Gasteiger partial charge in [0.05, 0.1) is 0 Å². The molecule has 0 bridgehead atoms. The van der Waals surface area contributed by atoms with Crippen LogP contribution < -0.4 is 10.2 Å². The molecule has 0 radical (unpaired) electrons. The molecule has 29 heavy (non-hydrogen) atoms. The van der Waals surface area contributed by atoms with E-state index < -0.39 is 11.9 Å². The molecule has 0 aliphatic rings. The van der Waals surface area contributed by atoms with Crippen molar-refractivity contribution in [2.24, 2.45) is 0 Å². The van der Waals surface area contributed by atoms with E-state index in [1.807, 2.05) is 0 Å². The van der Waals surface area contributed by atoms with Gasteiger partial charge in [-0.25, -0.2) is 0 Å². The van der Waals surface area contributed by atoms with Crippen LogP contribution in [0.2, 0.25) is 0 Å². The van der Waals surface area contributed by atoms with Gasteiger partial charge >= 0.3 is 23.1 Å². The van der Waals surface area contributed by atoms with Crippen molar-refractivity contribution in [1.29, 1.82) is 0 Å². The molecular weight excluding hydrogens is 377 g/mol. The van der Waals surface area contributed by atoms with Crippen LogP contribution in [0.4, 0.5) is 0 Å². The summed E-state index contributed by atoms with van der Waals surface area (Å²) in [6, 6.07) is 0. The fraction of sp³-hybridized carbons (Fsp3) is 0.917. The molecule has 0 aromatic carbocycles. The second-order valence-corrected chi connectivity index (χ2v) is 7.90.